The summed E-state index contributed by atoms with van der Waals surface area (Å²) in [6, 6.07) is 12.3. The Morgan fingerprint density at radius 1 is 1.10 bits per heavy atom. The summed E-state index contributed by atoms with van der Waals surface area (Å²) in [5.74, 6) is 0.377. The van der Waals surface area contributed by atoms with Crippen LogP contribution in [0.15, 0.2) is 42.5 Å². The molecule has 0 aliphatic rings. The predicted octanol–water partition coefficient (Wildman–Crippen LogP) is 4.12. The normalized spacial score (nSPS) is 11.0. The van der Waals surface area contributed by atoms with Crippen LogP contribution in [-0.4, -0.2) is 41.7 Å². The topological polar surface area (TPSA) is 80.6 Å². The number of hydrogen-bond donors (Lipinski definition) is 2. The standard InChI is InChI=1S/C24H27ClN2O4/c1-16-20(15-23(29)26-12-4-3-5-13-28)21-14-19(31-2)10-11-22(21)27(16)24(30)17-6-8-18(25)9-7-17/h6-11,14,28H,3-5,12-13,15H2,1-2H3,(H,26,29). The van der Waals surface area contributed by atoms with Gasteiger partial charge in [-0.1, -0.05) is 11.6 Å². The number of ether oxygens (including phenoxy) is 1. The number of methoxy groups -OCH3 is 1. The van der Waals surface area contributed by atoms with Crippen molar-refractivity contribution >= 4 is 34.3 Å². The van der Waals surface area contributed by atoms with Crippen molar-refractivity contribution in [3.05, 3.63) is 64.3 Å². The van der Waals surface area contributed by atoms with Gasteiger partial charge in [-0.3, -0.25) is 14.2 Å². The first-order valence-electron chi connectivity index (χ1n) is 10.3. The fourth-order valence-corrected chi connectivity index (χ4v) is 3.79. The molecule has 6 nitrogen and oxygen atoms in total. The van der Waals surface area contributed by atoms with E-state index in [1.807, 2.05) is 19.1 Å². The van der Waals surface area contributed by atoms with Crippen molar-refractivity contribution in [2.75, 3.05) is 20.3 Å². The second kappa shape index (κ2) is 10.5. The molecule has 0 aliphatic carbocycles. The number of nitrogens with one attached hydrogen (secondary N) is 1. The molecule has 0 fully saturated rings. The third kappa shape index (κ3) is 5.27. The summed E-state index contributed by atoms with van der Waals surface area (Å²) < 4.78 is 7.00. The van der Waals surface area contributed by atoms with Gasteiger partial charge in [-0.05, 0) is 74.2 Å². The summed E-state index contributed by atoms with van der Waals surface area (Å²) in [4.78, 5) is 25.9. The molecule has 0 atom stereocenters. The van der Waals surface area contributed by atoms with Crippen LogP contribution < -0.4 is 10.1 Å². The molecule has 2 aromatic carbocycles. The van der Waals surface area contributed by atoms with Gasteiger partial charge in [0, 0.05) is 34.8 Å². The lowest BCUT2D eigenvalue weighted by atomic mass is 10.1. The molecule has 3 rings (SSSR count). The van der Waals surface area contributed by atoms with Crippen LogP contribution in [0, 0.1) is 6.92 Å². The molecule has 0 aliphatic heterocycles. The first kappa shape index (κ1) is 22.8. The van der Waals surface area contributed by atoms with Crippen molar-refractivity contribution in [1.29, 1.82) is 0 Å². The van der Waals surface area contributed by atoms with Crippen molar-refractivity contribution in [1.82, 2.24) is 9.88 Å². The van der Waals surface area contributed by atoms with Gasteiger partial charge < -0.3 is 15.2 Å². The number of carbonyl (C=O) groups is 2. The van der Waals surface area contributed by atoms with Gasteiger partial charge in [0.1, 0.15) is 5.75 Å². The average Bonchev–Trinajstić information content (AvgIpc) is 3.04. The first-order valence-corrected chi connectivity index (χ1v) is 10.7. The molecule has 164 valence electrons. The van der Waals surface area contributed by atoms with E-state index >= 15 is 0 Å². The highest BCUT2D eigenvalue weighted by Crippen LogP contribution is 2.30. The molecule has 1 aromatic heterocycles. The number of aliphatic hydroxyl groups is 1. The van der Waals surface area contributed by atoms with Gasteiger partial charge in [-0.2, -0.15) is 0 Å². The minimum absolute atomic E-state index is 0.104. The number of amides is 1. The highest BCUT2D eigenvalue weighted by molar-refractivity contribution is 6.30. The lowest BCUT2D eigenvalue weighted by Gasteiger charge is -2.08. The molecule has 1 heterocycles. The van der Waals surface area contributed by atoms with Gasteiger partial charge >= 0.3 is 0 Å². The number of unbranched alkanes of at least 4 members (excludes halogenated alkanes) is 2. The Morgan fingerprint density at radius 3 is 2.52 bits per heavy atom. The summed E-state index contributed by atoms with van der Waals surface area (Å²) >= 11 is 5.96. The maximum absolute atomic E-state index is 13.3. The monoisotopic (exact) mass is 442 g/mol. The molecule has 0 radical (unpaired) electrons. The largest absolute Gasteiger partial charge is 0.497 e. The van der Waals surface area contributed by atoms with Gasteiger partial charge in [-0.25, -0.2) is 0 Å². The Kier molecular flexibility index (Phi) is 7.71. The van der Waals surface area contributed by atoms with Gasteiger partial charge in [-0.15, -0.1) is 0 Å². The van der Waals surface area contributed by atoms with Gasteiger partial charge in [0.25, 0.3) is 5.91 Å². The lowest BCUT2D eigenvalue weighted by molar-refractivity contribution is -0.120. The Balaban J connectivity index is 1.93. The van der Waals surface area contributed by atoms with Crippen molar-refractivity contribution in [3.63, 3.8) is 0 Å². The van der Waals surface area contributed by atoms with E-state index in [9.17, 15) is 9.59 Å². The molecule has 0 unspecified atom stereocenters. The minimum atomic E-state index is -0.181. The maximum Gasteiger partial charge on any atom is 0.262 e. The van der Waals surface area contributed by atoms with Crippen LogP contribution in [0.2, 0.25) is 5.02 Å². The number of benzene rings is 2. The number of carbonyl (C=O) groups excluding carboxylic acids is 2. The number of halogens is 1. The maximum atomic E-state index is 13.3. The minimum Gasteiger partial charge on any atom is -0.497 e. The van der Waals surface area contributed by atoms with E-state index in [0.29, 0.717) is 22.9 Å². The zero-order valence-corrected chi connectivity index (χ0v) is 18.5. The third-order valence-corrected chi connectivity index (χ3v) is 5.58. The summed E-state index contributed by atoms with van der Waals surface area (Å²) in [6.45, 7) is 2.57. The van der Waals surface area contributed by atoms with Gasteiger partial charge in [0.2, 0.25) is 5.91 Å². The Hall–Kier alpha value is -2.83. The van der Waals surface area contributed by atoms with E-state index in [-0.39, 0.29) is 24.8 Å². The Labute approximate surface area is 186 Å². The van der Waals surface area contributed by atoms with Crippen molar-refractivity contribution in [2.24, 2.45) is 0 Å². The summed E-state index contributed by atoms with van der Waals surface area (Å²) in [7, 11) is 1.59. The quantitative estimate of drug-likeness (QED) is 0.488. The fraction of sp³-hybridized carbons (Fsp3) is 0.333. The highest BCUT2D eigenvalue weighted by atomic mass is 35.5. The van der Waals surface area contributed by atoms with Crippen molar-refractivity contribution < 1.29 is 19.4 Å². The molecule has 31 heavy (non-hydrogen) atoms. The van der Waals surface area contributed by atoms with E-state index in [4.69, 9.17) is 21.4 Å². The fourth-order valence-electron chi connectivity index (χ4n) is 3.66. The van der Waals surface area contributed by atoms with Crippen LogP contribution in [0.1, 0.15) is 40.9 Å². The number of aliphatic hydroxyl groups excluding tert-OH is 1. The molecule has 0 saturated heterocycles. The zero-order valence-electron chi connectivity index (χ0n) is 17.8. The van der Waals surface area contributed by atoms with Crippen molar-refractivity contribution in [3.8, 4) is 5.75 Å². The SMILES string of the molecule is COc1ccc2c(c1)c(CC(=O)NCCCCCO)c(C)n2C(=O)c1ccc(Cl)cc1. The number of hydrogen-bond acceptors (Lipinski definition) is 4. The second-order valence-corrected chi connectivity index (χ2v) is 7.84. The van der Waals surface area contributed by atoms with Crippen LogP contribution in [-0.2, 0) is 11.2 Å². The molecule has 2 N–H and O–H groups in total. The van der Waals surface area contributed by atoms with E-state index in [2.05, 4.69) is 5.32 Å². The summed E-state index contributed by atoms with van der Waals surface area (Å²) in [6.07, 6.45) is 2.57. The van der Waals surface area contributed by atoms with Gasteiger partial charge in [0.15, 0.2) is 0 Å². The number of nitrogens with zero attached hydrogens (tertiary/aromatic N) is 1. The molecule has 1 amide bonds. The van der Waals surface area contributed by atoms with Crippen LogP contribution in [0.3, 0.4) is 0 Å². The molecule has 0 saturated carbocycles. The van der Waals surface area contributed by atoms with Crippen LogP contribution >= 0.6 is 11.6 Å². The average molecular weight is 443 g/mol. The molecular formula is C24H27ClN2O4. The van der Waals surface area contributed by atoms with Gasteiger partial charge in [0.05, 0.1) is 19.0 Å². The van der Waals surface area contributed by atoms with E-state index in [0.717, 1.165) is 41.4 Å². The number of fused-ring (bicyclic) bond motifs is 1. The van der Waals surface area contributed by atoms with Crippen LogP contribution in [0.5, 0.6) is 5.75 Å². The molecular weight excluding hydrogens is 416 g/mol. The second-order valence-electron chi connectivity index (χ2n) is 7.41. The van der Waals surface area contributed by atoms with Crippen LogP contribution in [0.25, 0.3) is 10.9 Å². The van der Waals surface area contributed by atoms with E-state index < -0.39 is 0 Å². The number of aromatic nitrogens is 1. The summed E-state index contributed by atoms with van der Waals surface area (Å²) in [5.41, 5.74) is 2.76. The molecule has 0 spiro atoms. The van der Waals surface area contributed by atoms with Crippen LogP contribution in [0.4, 0.5) is 0 Å². The van der Waals surface area contributed by atoms with E-state index in [1.54, 1.807) is 42.0 Å². The third-order valence-electron chi connectivity index (χ3n) is 5.33. The highest BCUT2D eigenvalue weighted by Gasteiger charge is 2.22. The lowest BCUT2D eigenvalue weighted by Crippen LogP contribution is -2.26. The zero-order chi connectivity index (χ0) is 22.4. The predicted molar refractivity (Wildman–Crippen MR) is 122 cm³/mol. The first-order chi connectivity index (χ1) is 15.0. The Morgan fingerprint density at radius 2 is 1.84 bits per heavy atom. The van der Waals surface area contributed by atoms with E-state index in [1.165, 1.54) is 0 Å². The summed E-state index contributed by atoms with van der Waals surface area (Å²) in [5, 5.41) is 13.2. The molecule has 7 heteroatoms. The molecule has 0 bridgehead atoms. The van der Waals surface area contributed by atoms with Crippen molar-refractivity contribution in [2.45, 2.75) is 32.6 Å². The molecule has 3 aromatic rings. The number of rotatable bonds is 9. The Bertz CT molecular complexity index is 1070. The smallest absolute Gasteiger partial charge is 0.262 e.